The molecule has 1 aromatic carbocycles. The number of carbonyl (C=O) groups is 1. The second-order valence-corrected chi connectivity index (χ2v) is 3.50. The highest BCUT2D eigenvalue weighted by Gasteiger charge is 2.15. The molecule has 0 radical (unpaired) electrons. The molecule has 0 spiro atoms. The predicted molar refractivity (Wildman–Crippen MR) is 56.0 cm³/mol. The molecule has 0 aliphatic heterocycles. The van der Waals surface area contributed by atoms with E-state index in [2.05, 4.69) is 5.16 Å². The van der Waals surface area contributed by atoms with Crippen LogP contribution in [0.15, 0.2) is 17.3 Å². The van der Waals surface area contributed by atoms with Crippen LogP contribution < -0.4 is 0 Å². The molecule has 0 saturated carbocycles. The third kappa shape index (κ3) is 2.00. The SMILES string of the molecule is O=Cc1c(Cl)ccc(Cl)c1C(Cl)=NO. The Balaban J connectivity index is 3.53. The minimum Gasteiger partial charge on any atom is -0.410 e. The van der Waals surface area contributed by atoms with E-state index in [1.54, 1.807) is 0 Å². The van der Waals surface area contributed by atoms with Gasteiger partial charge in [0.15, 0.2) is 11.5 Å². The summed E-state index contributed by atoms with van der Waals surface area (Å²) in [6.45, 7) is 0. The van der Waals surface area contributed by atoms with Crippen LogP contribution in [0.3, 0.4) is 0 Å². The molecule has 0 aromatic heterocycles. The second kappa shape index (κ2) is 4.64. The first-order valence-electron chi connectivity index (χ1n) is 3.43. The molecular weight excluding hydrogens is 248 g/mol. The molecule has 0 saturated heterocycles. The maximum atomic E-state index is 10.7. The van der Waals surface area contributed by atoms with E-state index in [1.807, 2.05) is 0 Å². The van der Waals surface area contributed by atoms with Crippen molar-refractivity contribution in [3.63, 3.8) is 0 Å². The molecule has 0 bridgehead atoms. The van der Waals surface area contributed by atoms with Crippen LogP contribution in [0.1, 0.15) is 15.9 Å². The van der Waals surface area contributed by atoms with Gasteiger partial charge in [-0.1, -0.05) is 40.0 Å². The monoisotopic (exact) mass is 251 g/mol. The minimum absolute atomic E-state index is 0.0990. The van der Waals surface area contributed by atoms with Crippen LogP contribution in [-0.4, -0.2) is 16.7 Å². The maximum Gasteiger partial charge on any atom is 0.177 e. The molecule has 0 unspecified atom stereocenters. The Kier molecular flexibility index (Phi) is 3.75. The van der Waals surface area contributed by atoms with Crippen molar-refractivity contribution in [3.05, 3.63) is 33.3 Å². The summed E-state index contributed by atoms with van der Waals surface area (Å²) >= 11 is 17.0. The van der Waals surface area contributed by atoms with Gasteiger partial charge in [0, 0.05) is 11.1 Å². The Morgan fingerprint density at radius 3 is 2.43 bits per heavy atom. The molecule has 6 heteroatoms. The standard InChI is InChI=1S/C8H4Cl3NO2/c9-5-1-2-6(10)7(4(5)3-13)8(11)12-14/h1-3,14H. The van der Waals surface area contributed by atoms with E-state index >= 15 is 0 Å². The summed E-state index contributed by atoms with van der Waals surface area (Å²) < 4.78 is 0. The van der Waals surface area contributed by atoms with Gasteiger partial charge in [0.2, 0.25) is 0 Å². The number of aldehydes is 1. The highest BCUT2D eigenvalue weighted by Crippen LogP contribution is 2.27. The average Bonchev–Trinajstić information content (AvgIpc) is 2.19. The summed E-state index contributed by atoms with van der Waals surface area (Å²) in [6.07, 6.45) is 0.497. The van der Waals surface area contributed by atoms with Crippen LogP contribution in [0.4, 0.5) is 0 Å². The lowest BCUT2D eigenvalue weighted by Gasteiger charge is -2.05. The van der Waals surface area contributed by atoms with Gasteiger partial charge in [0.25, 0.3) is 0 Å². The van der Waals surface area contributed by atoms with Crippen molar-refractivity contribution in [2.24, 2.45) is 5.16 Å². The zero-order valence-corrected chi connectivity index (χ0v) is 8.94. The van der Waals surface area contributed by atoms with E-state index in [9.17, 15) is 4.79 Å². The molecule has 1 aromatic rings. The van der Waals surface area contributed by atoms with Gasteiger partial charge in [0.05, 0.1) is 10.0 Å². The summed E-state index contributed by atoms with van der Waals surface area (Å²) in [5, 5.41) is 11.3. The Labute approximate surface area is 94.9 Å². The number of rotatable bonds is 2. The predicted octanol–water partition coefficient (Wildman–Crippen LogP) is 3.18. The van der Waals surface area contributed by atoms with Crippen molar-refractivity contribution in [1.29, 1.82) is 0 Å². The van der Waals surface area contributed by atoms with Crippen LogP contribution in [0, 0.1) is 0 Å². The first kappa shape index (κ1) is 11.3. The van der Waals surface area contributed by atoms with Crippen LogP contribution >= 0.6 is 34.8 Å². The molecule has 0 aliphatic carbocycles. The first-order valence-corrected chi connectivity index (χ1v) is 4.56. The summed E-state index contributed by atoms with van der Waals surface area (Å²) in [6, 6.07) is 2.92. The number of nitrogens with zero attached hydrogens (tertiary/aromatic N) is 1. The summed E-state index contributed by atoms with van der Waals surface area (Å²) in [5.41, 5.74) is 0.223. The third-order valence-corrected chi connectivity index (χ3v) is 2.46. The molecule has 14 heavy (non-hydrogen) atoms. The highest BCUT2D eigenvalue weighted by molar-refractivity contribution is 6.71. The van der Waals surface area contributed by atoms with Gasteiger partial charge >= 0.3 is 0 Å². The lowest BCUT2D eigenvalue weighted by atomic mass is 10.1. The number of hydrogen-bond acceptors (Lipinski definition) is 3. The molecule has 74 valence electrons. The average molecular weight is 252 g/mol. The fourth-order valence-corrected chi connectivity index (χ4v) is 1.65. The van der Waals surface area contributed by atoms with Gasteiger partial charge < -0.3 is 5.21 Å². The van der Waals surface area contributed by atoms with Gasteiger partial charge in [0.1, 0.15) is 0 Å². The Hall–Kier alpha value is -0.770. The van der Waals surface area contributed by atoms with Gasteiger partial charge in [-0.2, -0.15) is 0 Å². The van der Waals surface area contributed by atoms with E-state index in [0.717, 1.165) is 0 Å². The van der Waals surface area contributed by atoms with Crippen LogP contribution in [0.2, 0.25) is 10.0 Å². The maximum absolute atomic E-state index is 10.7. The minimum atomic E-state index is -0.278. The van der Waals surface area contributed by atoms with E-state index in [0.29, 0.717) is 6.29 Å². The molecule has 0 atom stereocenters. The van der Waals surface area contributed by atoms with Crippen molar-refractivity contribution < 1.29 is 10.0 Å². The van der Waals surface area contributed by atoms with Gasteiger partial charge in [-0.3, -0.25) is 4.79 Å². The number of carbonyl (C=O) groups excluding carboxylic acids is 1. The molecular formula is C8H4Cl3NO2. The molecule has 0 aliphatic rings. The van der Waals surface area contributed by atoms with Crippen molar-refractivity contribution in [3.8, 4) is 0 Å². The normalized spacial score (nSPS) is 11.5. The smallest absolute Gasteiger partial charge is 0.177 e. The largest absolute Gasteiger partial charge is 0.410 e. The Morgan fingerprint density at radius 1 is 1.36 bits per heavy atom. The topological polar surface area (TPSA) is 49.7 Å². The fourth-order valence-electron chi connectivity index (χ4n) is 0.942. The molecule has 0 fully saturated rings. The fraction of sp³-hybridized carbons (Fsp3) is 0. The van der Waals surface area contributed by atoms with E-state index in [4.69, 9.17) is 40.0 Å². The zero-order chi connectivity index (χ0) is 10.7. The number of hydrogen-bond donors (Lipinski definition) is 1. The van der Waals surface area contributed by atoms with Crippen LogP contribution in [0.5, 0.6) is 0 Å². The van der Waals surface area contributed by atoms with Crippen molar-refractivity contribution in [1.82, 2.24) is 0 Å². The molecule has 3 nitrogen and oxygen atoms in total. The lowest BCUT2D eigenvalue weighted by molar-refractivity contribution is 0.112. The van der Waals surface area contributed by atoms with Gasteiger partial charge in [-0.15, -0.1) is 0 Å². The third-order valence-electron chi connectivity index (χ3n) is 1.55. The number of oxime groups is 1. The number of benzene rings is 1. The zero-order valence-electron chi connectivity index (χ0n) is 6.67. The number of halogens is 3. The lowest BCUT2D eigenvalue weighted by Crippen LogP contribution is -2.00. The highest BCUT2D eigenvalue weighted by atomic mass is 35.5. The van der Waals surface area contributed by atoms with E-state index in [-0.39, 0.29) is 26.3 Å². The quantitative estimate of drug-likeness (QED) is 0.380. The summed E-state index contributed by atoms with van der Waals surface area (Å²) in [5.74, 6) is 0. The van der Waals surface area contributed by atoms with Crippen LogP contribution in [0.25, 0.3) is 0 Å². The second-order valence-electron chi connectivity index (χ2n) is 2.33. The molecule has 0 amide bonds. The van der Waals surface area contributed by atoms with Crippen molar-refractivity contribution >= 4 is 46.3 Å². The van der Waals surface area contributed by atoms with Gasteiger partial charge in [-0.05, 0) is 12.1 Å². The van der Waals surface area contributed by atoms with Crippen molar-refractivity contribution in [2.45, 2.75) is 0 Å². The van der Waals surface area contributed by atoms with E-state index in [1.165, 1.54) is 12.1 Å². The van der Waals surface area contributed by atoms with Crippen LogP contribution in [-0.2, 0) is 0 Å². The summed E-state index contributed by atoms with van der Waals surface area (Å²) in [4.78, 5) is 10.7. The summed E-state index contributed by atoms with van der Waals surface area (Å²) in [7, 11) is 0. The Bertz CT molecular complexity index is 404. The van der Waals surface area contributed by atoms with Crippen molar-refractivity contribution in [2.75, 3.05) is 0 Å². The van der Waals surface area contributed by atoms with E-state index < -0.39 is 0 Å². The molecule has 1 N–H and O–H groups in total. The Morgan fingerprint density at radius 2 is 1.93 bits per heavy atom. The molecule has 0 heterocycles. The van der Waals surface area contributed by atoms with Gasteiger partial charge in [-0.25, -0.2) is 0 Å². The first-order chi connectivity index (χ1) is 6.61. The molecule has 1 rings (SSSR count).